The minimum absolute atomic E-state index is 0.146. The Morgan fingerprint density at radius 1 is 1.14 bits per heavy atom. The van der Waals surface area contributed by atoms with E-state index >= 15 is 0 Å². The fraction of sp³-hybridized carbons (Fsp3) is 0.938. The fourth-order valence-corrected chi connectivity index (χ4v) is 3.10. The van der Waals surface area contributed by atoms with Gasteiger partial charge in [-0.25, -0.2) is 0 Å². The van der Waals surface area contributed by atoms with Crippen molar-refractivity contribution in [3.05, 3.63) is 0 Å². The Bertz CT molecular complexity index is 368. The molecule has 0 bridgehead atoms. The van der Waals surface area contributed by atoms with Crippen LogP contribution >= 0.6 is 0 Å². The van der Waals surface area contributed by atoms with Gasteiger partial charge in [0.1, 0.15) is 5.54 Å². The second-order valence-corrected chi connectivity index (χ2v) is 7.68. The molecular formula is C16H31N3O2. The molecule has 5 heteroatoms. The van der Waals surface area contributed by atoms with Crippen LogP contribution in [0.4, 0.5) is 0 Å². The minimum atomic E-state index is -0.584. The quantitative estimate of drug-likeness (QED) is 0.770. The zero-order valence-corrected chi connectivity index (χ0v) is 14.2. The number of ether oxygens (including phenoxy) is 1. The number of piperazine rings is 1. The number of carbonyl (C=O) groups excluding carboxylic acids is 1. The number of carbonyl (C=O) groups is 1. The number of methoxy groups -OCH3 is 1. The van der Waals surface area contributed by atoms with Gasteiger partial charge in [0.25, 0.3) is 0 Å². The molecule has 1 unspecified atom stereocenters. The van der Waals surface area contributed by atoms with Gasteiger partial charge in [0.15, 0.2) is 0 Å². The summed E-state index contributed by atoms with van der Waals surface area (Å²) in [6.07, 6.45) is 2.34. The van der Waals surface area contributed by atoms with Crippen LogP contribution in [0.2, 0.25) is 0 Å². The first-order valence-corrected chi connectivity index (χ1v) is 8.08. The molecule has 21 heavy (non-hydrogen) atoms. The standard InChI is InChI=1S/C16H31N3O2/c1-15(2,3)19-10-8-18(9-11-19)12-16(4,14(20)21-5)17-13-6-7-13/h13,17H,6-12H2,1-5H3. The van der Waals surface area contributed by atoms with Crippen molar-refractivity contribution < 1.29 is 9.53 Å². The third-order valence-electron chi connectivity index (χ3n) is 4.60. The van der Waals surface area contributed by atoms with Crippen LogP contribution in [0, 0.1) is 0 Å². The molecule has 2 aliphatic rings. The third kappa shape index (κ3) is 4.41. The molecule has 1 N–H and O–H groups in total. The number of rotatable bonds is 5. The summed E-state index contributed by atoms with van der Waals surface area (Å²) in [5, 5.41) is 3.48. The van der Waals surface area contributed by atoms with E-state index in [2.05, 4.69) is 35.9 Å². The van der Waals surface area contributed by atoms with Crippen LogP contribution in [0.3, 0.4) is 0 Å². The highest BCUT2D eigenvalue weighted by Gasteiger charge is 2.41. The maximum Gasteiger partial charge on any atom is 0.327 e. The summed E-state index contributed by atoms with van der Waals surface area (Å²) in [4.78, 5) is 17.1. The predicted octanol–water partition coefficient (Wildman–Crippen LogP) is 1.09. The molecule has 0 aromatic rings. The first-order chi connectivity index (χ1) is 9.74. The number of esters is 1. The topological polar surface area (TPSA) is 44.8 Å². The van der Waals surface area contributed by atoms with E-state index in [0.717, 1.165) is 32.7 Å². The zero-order chi connectivity index (χ0) is 15.7. The van der Waals surface area contributed by atoms with E-state index in [4.69, 9.17) is 4.74 Å². The smallest absolute Gasteiger partial charge is 0.327 e. The Kier molecular flexibility index (Phi) is 4.96. The summed E-state index contributed by atoms with van der Waals surface area (Å²) < 4.78 is 5.02. The van der Waals surface area contributed by atoms with E-state index < -0.39 is 5.54 Å². The molecule has 2 rings (SSSR count). The molecule has 122 valence electrons. The average Bonchev–Trinajstić information content (AvgIpc) is 3.21. The molecule has 1 aliphatic carbocycles. The van der Waals surface area contributed by atoms with Crippen LogP contribution in [-0.2, 0) is 9.53 Å². The number of nitrogens with one attached hydrogen (secondary N) is 1. The molecule has 0 amide bonds. The van der Waals surface area contributed by atoms with E-state index in [1.807, 2.05) is 6.92 Å². The van der Waals surface area contributed by atoms with Crippen molar-refractivity contribution in [2.45, 2.75) is 57.7 Å². The predicted molar refractivity (Wildman–Crippen MR) is 84.3 cm³/mol. The first-order valence-electron chi connectivity index (χ1n) is 8.08. The van der Waals surface area contributed by atoms with Gasteiger partial charge in [0, 0.05) is 44.3 Å². The Balaban J connectivity index is 1.91. The summed E-state index contributed by atoms with van der Waals surface area (Å²) >= 11 is 0. The molecule has 0 aromatic carbocycles. The largest absolute Gasteiger partial charge is 0.468 e. The van der Waals surface area contributed by atoms with Crippen molar-refractivity contribution in [2.24, 2.45) is 0 Å². The van der Waals surface area contributed by atoms with E-state index in [-0.39, 0.29) is 11.5 Å². The van der Waals surface area contributed by atoms with Crippen molar-refractivity contribution >= 4 is 5.97 Å². The molecule has 0 spiro atoms. The maximum atomic E-state index is 12.2. The van der Waals surface area contributed by atoms with Gasteiger partial charge in [-0.3, -0.25) is 19.9 Å². The third-order valence-corrected chi connectivity index (χ3v) is 4.60. The van der Waals surface area contributed by atoms with Gasteiger partial charge >= 0.3 is 5.97 Å². The summed E-state index contributed by atoms with van der Waals surface area (Å²) in [7, 11) is 1.48. The molecule has 0 aromatic heterocycles. The molecule has 1 saturated carbocycles. The molecule has 1 saturated heterocycles. The first kappa shape index (κ1) is 16.7. The van der Waals surface area contributed by atoms with Crippen LogP contribution in [0.5, 0.6) is 0 Å². The fourth-order valence-electron chi connectivity index (χ4n) is 3.10. The van der Waals surface area contributed by atoms with Gasteiger partial charge in [-0.15, -0.1) is 0 Å². The molecular weight excluding hydrogens is 266 g/mol. The number of nitrogens with zero attached hydrogens (tertiary/aromatic N) is 2. The van der Waals surface area contributed by atoms with E-state index in [1.54, 1.807) is 0 Å². The second kappa shape index (κ2) is 6.23. The van der Waals surface area contributed by atoms with Crippen LogP contribution in [-0.4, -0.2) is 72.7 Å². The zero-order valence-electron chi connectivity index (χ0n) is 14.2. The Morgan fingerprint density at radius 3 is 2.14 bits per heavy atom. The van der Waals surface area contributed by atoms with E-state index in [0.29, 0.717) is 6.04 Å². The van der Waals surface area contributed by atoms with Crippen LogP contribution in [0.15, 0.2) is 0 Å². The lowest BCUT2D eigenvalue weighted by molar-refractivity contribution is -0.149. The van der Waals surface area contributed by atoms with Crippen molar-refractivity contribution in [3.8, 4) is 0 Å². The van der Waals surface area contributed by atoms with Crippen molar-refractivity contribution in [3.63, 3.8) is 0 Å². The SMILES string of the molecule is COC(=O)C(C)(CN1CCN(C(C)(C)C)CC1)NC1CC1. The molecule has 1 aliphatic heterocycles. The lowest BCUT2D eigenvalue weighted by Gasteiger charge is -2.44. The van der Waals surface area contributed by atoms with Crippen LogP contribution in [0.25, 0.3) is 0 Å². The molecule has 1 atom stereocenters. The van der Waals surface area contributed by atoms with Gasteiger partial charge in [-0.1, -0.05) is 0 Å². The number of hydrogen-bond donors (Lipinski definition) is 1. The molecule has 1 heterocycles. The van der Waals surface area contributed by atoms with E-state index in [1.165, 1.54) is 20.0 Å². The average molecular weight is 297 g/mol. The highest BCUT2D eigenvalue weighted by atomic mass is 16.5. The number of hydrogen-bond acceptors (Lipinski definition) is 5. The molecule has 0 radical (unpaired) electrons. The van der Waals surface area contributed by atoms with E-state index in [9.17, 15) is 4.79 Å². The highest BCUT2D eigenvalue weighted by Crippen LogP contribution is 2.24. The summed E-state index contributed by atoms with van der Waals surface area (Å²) in [6.45, 7) is 13.6. The lowest BCUT2D eigenvalue weighted by atomic mass is 10.00. The van der Waals surface area contributed by atoms with Crippen molar-refractivity contribution in [1.29, 1.82) is 0 Å². The van der Waals surface area contributed by atoms with Gasteiger partial charge < -0.3 is 4.74 Å². The summed E-state index contributed by atoms with van der Waals surface area (Å²) in [5.41, 5.74) is -0.357. The van der Waals surface area contributed by atoms with Gasteiger partial charge in [0.05, 0.1) is 7.11 Å². The Hall–Kier alpha value is -0.650. The Labute approximate surface area is 129 Å². The Morgan fingerprint density at radius 2 is 1.71 bits per heavy atom. The summed E-state index contributed by atoms with van der Waals surface area (Å²) in [5.74, 6) is -0.146. The van der Waals surface area contributed by atoms with Gasteiger partial charge in [-0.05, 0) is 40.5 Å². The highest BCUT2D eigenvalue weighted by molar-refractivity contribution is 5.80. The summed E-state index contributed by atoms with van der Waals surface area (Å²) in [6, 6.07) is 0.491. The van der Waals surface area contributed by atoms with Crippen molar-refractivity contribution in [1.82, 2.24) is 15.1 Å². The van der Waals surface area contributed by atoms with Crippen LogP contribution in [0.1, 0.15) is 40.5 Å². The van der Waals surface area contributed by atoms with Crippen molar-refractivity contribution in [2.75, 3.05) is 39.8 Å². The second-order valence-electron chi connectivity index (χ2n) is 7.68. The normalized spacial score (nSPS) is 24.6. The molecule has 5 nitrogen and oxygen atoms in total. The minimum Gasteiger partial charge on any atom is -0.468 e. The van der Waals surface area contributed by atoms with Gasteiger partial charge in [-0.2, -0.15) is 0 Å². The monoisotopic (exact) mass is 297 g/mol. The van der Waals surface area contributed by atoms with Crippen LogP contribution < -0.4 is 5.32 Å². The van der Waals surface area contributed by atoms with Gasteiger partial charge in [0.2, 0.25) is 0 Å². The molecule has 2 fully saturated rings. The lowest BCUT2D eigenvalue weighted by Crippen LogP contribution is -2.61. The maximum absolute atomic E-state index is 12.2.